The van der Waals surface area contributed by atoms with Gasteiger partial charge in [-0.2, -0.15) is 0 Å². The van der Waals surface area contributed by atoms with Crippen LogP contribution in [0, 0.1) is 17.0 Å². The molecule has 8 heteroatoms. The van der Waals surface area contributed by atoms with Crippen LogP contribution in [0.5, 0.6) is 0 Å². The maximum absolute atomic E-state index is 11.9. The normalized spacial score (nSPS) is 10.7. The van der Waals surface area contributed by atoms with Crippen LogP contribution >= 0.6 is 11.6 Å². The van der Waals surface area contributed by atoms with Gasteiger partial charge in [0.1, 0.15) is 6.33 Å². The van der Waals surface area contributed by atoms with Crippen molar-refractivity contribution >= 4 is 51.1 Å². The third-order valence-electron chi connectivity index (χ3n) is 4.49. The minimum Gasteiger partial charge on any atom is -0.334 e. The summed E-state index contributed by atoms with van der Waals surface area (Å²) in [4.78, 5) is 19.6. The molecule has 3 aromatic carbocycles. The molecule has 0 bridgehead atoms. The highest BCUT2D eigenvalue weighted by molar-refractivity contribution is 6.30. The van der Waals surface area contributed by atoms with Crippen molar-refractivity contribution in [3.63, 3.8) is 0 Å². The minimum atomic E-state index is -0.499. The summed E-state index contributed by atoms with van der Waals surface area (Å²) < 4.78 is 0. The van der Waals surface area contributed by atoms with E-state index in [0.717, 1.165) is 22.0 Å². The van der Waals surface area contributed by atoms with E-state index in [1.54, 1.807) is 18.2 Å². The Balaban J connectivity index is 1.76. The van der Waals surface area contributed by atoms with Gasteiger partial charge in [-0.3, -0.25) is 10.1 Å². The molecule has 0 radical (unpaired) electrons. The van der Waals surface area contributed by atoms with Gasteiger partial charge in [0, 0.05) is 21.8 Å². The first kappa shape index (κ1) is 18.6. The summed E-state index contributed by atoms with van der Waals surface area (Å²) in [6, 6.07) is 18.7. The minimum absolute atomic E-state index is 0.0955. The molecule has 0 aliphatic carbocycles. The Morgan fingerprint density at radius 3 is 2.34 bits per heavy atom. The monoisotopic (exact) mass is 405 g/mol. The van der Waals surface area contributed by atoms with Gasteiger partial charge in [0.2, 0.25) is 11.6 Å². The van der Waals surface area contributed by atoms with Crippen molar-refractivity contribution < 1.29 is 4.92 Å². The van der Waals surface area contributed by atoms with Gasteiger partial charge in [-0.25, -0.2) is 9.97 Å². The molecule has 29 heavy (non-hydrogen) atoms. The molecule has 4 rings (SSSR count). The van der Waals surface area contributed by atoms with Crippen LogP contribution in [0.25, 0.3) is 10.8 Å². The number of aryl methyl sites for hydroxylation is 1. The average molecular weight is 406 g/mol. The van der Waals surface area contributed by atoms with E-state index in [4.69, 9.17) is 11.6 Å². The summed E-state index contributed by atoms with van der Waals surface area (Å²) in [5.74, 6) is 0.202. The third kappa shape index (κ3) is 3.81. The molecular formula is C21H16ClN5O2. The number of halogens is 1. The number of nitro groups is 1. The lowest BCUT2D eigenvalue weighted by molar-refractivity contribution is -0.383. The van der Waals surface area contributed by atoms with E-state index >= 15 is 0 Å². The molecule has 0 saturated heterocycles. The molecule has 7 nitrogen and oxygen atoms in total. The van der Waals surface area contributed by atoms with Crippen molar-refractivity contribution in [2.75, 3.05) is 10.6 Å². The van der Waals surface area contributed by atoms with E-state index in [1.165, 1.54) is 6.33 Å². The van der Waals surface area contributed by atoms with E-state index in [0.29, 0.717) is 10.7 Å². The van der Waals surface area contributed by atoms with E-state index < -0.39 is 4.92 Å². The number of anilines is 4. The van der Waals surface area contributed by atoms with E-state index in [9.17, 15) is 10.1 Å². The zero-order chi connectivity index (χ0) is 20.4. The van der Waals surface area contributed by atoms with Crippen molar-refractivity contribution in [1.29, 1.82) is 0 Å². The molecule has 1 heterocycles. The van der Waals surface area contributed by atoms with Gasteiger partial charge in [-0.15, -0.1) is 0 Å². The molecule has 0 saturated carbocycles. The number of aromatic nitrogens is 2. The van der Waals surface area contributed by atoms with Crippen LogP contribution in [0.3, 0.4) is 0 Å². The van der Waals surface area contributed by atoms with Gasteiger partial charge in [0.15, 0.2) is 0 Å². The van der Waals surface area contributed by atoms with Gasteiger partial charge >= 0.3 is 5.69 Å². The zero-order valence-corrected chi connectivity index (χ0v) is 16.1. The Morgan fingerprint density at radius 2 is 1.62 bits per heavy atom. The molecule has 0 unspecified atom stereocenters. The molecule has 0 amide bonds. The Bertz CT molecular complexity index is 1220. The second-order valence-electron chi connectivity index (χ2n) is 6.41. The molecule has 1 aromatic heterocycles. The van der Waals surface area contributed by atoms with Crippen LogP contribution in [-0.4, -0.2) is 14.9 Å². The van der Waals surface area contributed by atoms with Gasteiger partial charge in [0.05, 0.1) is 4.92 Å². The fourth-order valence-corrected chi connectivity index (χ4v) is 3.32. The van der Waals surface area contributed by atoms with Crippen molar-refractivity contribution in [3.05, 3.63) is 87.7 Å². The summed E-state index contributed by atoms with van der Waals surface area (Å²) in [6.07, 6.45) is 1.29. The second-order valence-corrected chi connectivity index (χ2v) is 6.85. The molecule has 0 atom stereocenters. The summed E-state index contributed by atoms with van der Waals surface area (Å²) in [6.45, 7) is 1.86. The van der Waals surface area contributed by atoms with Gasteiger partial charge in [0.25, 0.3) is 0 Å². The van der Waals surface area contributed by atoms with Crippen LogP contribution in [0.4, 0.5) is 28.7 Å². The Labute approximate surface area is 171 Å². The Kier molecular flexibility index (Phi) is 4.97. The molecule has 0 aliphatic heterocycles. The first-order chi connectivity index (χ1) is 14.0. The predicted octanol–water partition coefficient (Wildman–Crippen LogP) is 5.99. The topological polar surface area (TPSA) is 93.0 Å². The Hall–Kier alpha value is -3.71. The summed E-state index contributed by atoms with van der Waals surface area (Å²) in [7, 11) is 0. The van der Waals surface area contributed by atoms with Crippen LogP contribution in [0.1, 0.15) is 5.56 Å². The first-order valence-corrected chi connectivity index (χ1v) is 9.18. The maximum Gasteiger partial charge on any atom is 0.353 e. The molecule has 0 fully saturated rings. The average Bonchev–Trinajstić information content (AvgIpc) is 2.70. The number of nitrogens with one attached hydrogen (secondary N) is 2. The molecule has 2 N–H and O–H groups in total. The lowest BCUT2D eigenvalue weighted by atomic mass is 10.1. The van der Waals surface area contributed by atoms with E-state index in [1.807, 2.05) is 49.4 Å². The summed E-state index contributed by atoms with van der Waals surface area (Å²) >= 11 is 5.99. The fraction of sp³-hybridized carbons (Fsp3) is 0.0476. The lowest BCUT2D eigenvalue weighted by Gasteiger charge is -2.13. The van der Waals surface area contributed by atoms with Gasteiger partial charge < -0.3 is 10.6 Å². The van der Waals surface area contributed by atoms with Crippen molar-refractivity contribution in [2.24, 2.45) is 0 Å². The van der Waals surface area contributed by atoms with Crippen molar-refractivity contribution in [3.8, 4) is 0 Å². The predicted molar refractivity (Wildman–Crippen MR) is 115 cm³/mol. The molecule has 144 valence electrons. The second kappa shape index (κ2) is 7.73. The number of hydrogen-bond donors (Lipinski definition) is 2. The maximum atomic E-state index is 11.9. The van der Waals surface area contributed by atoms with Gasteiger partial charge in [-0.05, 0) is 42.1 Å². The number of fused-ring (bicyclic) bond motifs is 1. The molecule has 0 spiro atoms. The summed E-state index contributed by atoms with van der Waals surface area (Å²) in [5.41, 5.74) is 1.99. The largest absolute Gasteiger partial charge is 0.353 e. The molecule has 4 aromatic rings. The van der Waals surface area contributed by atoms with Gasteiger partial charge in [-0.1, -0.05) is 48.0 Å². The lowest BCUT2D eigenvalue weighted by Crippen LogP contribution is -2.06. The summed E-state index contributed by atoms with van der Waals surface area (Å²) in [5, 5.41) is 20.5. The Morgan fingerprint density at radius 1 is 0.931 bits per heavy atom. The number of rotatable bonds is 5. The van der Waals surface area contributed by atoms with Crippen molar-refractivity contribution in [1.82, 2.24) is 9.97 Å². The quantitative estimate of drug-likeness (QED) is 0.313. The molecular weight excluding hydrogens is 390 g/mol. The van der Waals surface area contributed by atoms with Crippen LogP contribution in [-0.2, 0) is 0 Å². The molecule has 0 aliphatic rings. The highest BCUT2D eigenvalue weighted by Crippen LogP contribution is 2.35. The SMILES string of the molecule is Cc1cc(Cl)ccc1Nc1ncnc(Nc2cccc3ccccc23)c1[N+](=O)[O-]. The zero-order valence-electron chi connectivity index (χ0n) is 15.4. The third-order valence-corrected chi connectivity index (χ3v) is 4.72. The van der Waals surface area contributed by atoms with Crippen molar-refractivity contribution in [2.45, 2.75) is 6.92 Å². The number of nitrogens with zero attached hydrogens (tertiary/aromatic N) is 3. The smallest absolute Gasteiger partial charge is 0.334 e. The first-order valence-electron chi connectivity index (χ1n) is 8.80. The van der Waals surface area contributed by atoms with Crippen LogP contribution in [0.15, 0.2) is 67.0 Å². The highest BCUT2D eigenvalue weighted by Gasteiger charge is 2.24. The van der Waals surface area contributed by atoms with E-state index in [2.05, 4.69) is 20.6 Å². The number of hydrogen-bond acceptors (Lipinski definition) is 6. The number of benzene rings is 3. The fourth-order valence-electron chi connectivity index (χ4n) is 3.09. The highest BCUT2D eigenvalue weighted by atomic mass is 35.5. The standard InChI is InChI=1S/C21H16ClN5O2/c1-13-11-15(22)9-10-17(13)25-20-19(27(28)29)21(24-12-23-20)26-18-8-4-6-14-5-2-3-7-16(14)18/h2-12H,1H3,(H2,23,24,25,26). The van der Waals surface area contributed by atoms with Crippen LogP contribution < -0.4 is 10.6 Å². The van der Waals surface area contributed by atoms with Crippen LogP contribution in [0.2, 0.25) is 5.02 Å². The van der Waals surface area contributed by atoms with E-state index in [-0.39, 0.29) is 17.3 Å².